The maximum Gasteiger partial charge on any atom is -0.00165 e. The summed E-state index contributed by atoms with van der Waals surface area (Å²) in [6.07, 6.45) is 13.1. The first-order valence-corrected chi connectivity index (χ1v) is 8.59. The lowest BCUT2D eigenvalue weighted by atomic mass is 9.65. The molecule has 1 spiro atoms. The van der Waals surface area contributed by atoms with E-state index in [1.54, 1.807) is 0 Å². The van der Waals surface area contributed by atoms with Crippen LogP contribution < -0.4 is 0 Å². The molecule has 19 heavy (non-hydrogen) atoms. The maximum atomic E-state index is 2.53. The zero-order valence-corrected chi connectivity index (χ0v) is 13.8. The second-order valence-corrected chi connectivity index (χ2v) is 8.52. The molecule has 2 rings (SSSR count). The molecule has 0 aromatic heterocycles. The number of hydrogen-bond acceptors (Lipinski definition) is 1. The topological polar surface area (TPSA) is 3.24 Å². The molecule has 0 radical (unpaired) electrons. The van der Waals surface area contributed by atoms with Crippen molar-refractivity contribution in [3.05, 3.63) is 0 Å². The SMILES string of the molecule is CC1CCCCC(C)(C)CCC2(CCN(C)CC2)C1. The Morgan fingerprint density at radius 3 is 2.26 bits per heavy atom. The predicted octanol–water partition coefficient (Wildman–Crippen LogP) is 5.11. The lowest BCUT2D eigenvalue weighted by molar-refractivity contribution is 0.0643. The van der Waals surface area contributed by atoms with Crippen LogP contribution in [0.1, 0.15) is 78.6 Å². The summed E-state index contributed by atoms with van der Waals surface area (Å²) in [7, 11) is 2.29. The van der Waals surface area contributed by atoms with Gasteiger partial charge in [0.1, 0.15) is 0 Å². The number of rotatable bonds is 0. The van der Waals surface area contributed by atoms with Crippen molar-refractivity contribution in [1.82, 2.24) is 4.90 Å². The molecule has 0 amide bonds. The largest absolute Gasteiger partial charge is 0.306 e. The van der Waals surface area contributed by atoms with Crippen LogP contribution in [0.15, 0.2) is 0 Å². The molecular weight excluding hydrogens is 230 g/mol. The fourth-order valence-corrected chi connectivity index (χ4v) is 4.32. The van der Waals surface area contributed by atoms with E-state index in [0.717, 1.165) is 5.92 Å². The van der Waals surface area contributed by atoms with E-state index >= 15 is 0 Å². The Hall–Kier alpha value is -0.0400. The first-order chi connectivity index (χ1) is 8.91. The minimum atomic E-state index is 0.580. The van der Waals surface area contributed by atoms with Gasteiger partial charge in [-0.2, -0.15) is 0 Å². The van der Waals surface area contributed by atoms with Crippen molar-refractivity contribution < 1.29 is 0 Å². The van der Waals surface area contributed by atoms with Crippen molar-refractivity contribution in [3.8, 4) is 0 Å². The second kappa shape index (κ2) is 6.16. The summed E-state index contributed by atoms with van der Waals surface area (Å²) in [5.74, 6) is 0.949. The fourth-order valence-electron chi connectivity index (χ4n) is 4.32. The summed E-state index contributed by atoms with van der Waals surface area (Å²) in [4.78, 5) is 2.53. The number of likely N-dealkylation sites (tertiary alicyclic amines) is 1. The van der Waals surface area contributed by atoms with Crippen molar-refractivity contribution in [3.63, 3.8) is 0 Å². The Morgan fingerprint density at radius 2 is 1.58 bits per heavy atom. The van der Waals surface area contributed by atoms with Crippen LogP contribution in [0.3, 0.4) is 0 Å². The Labute approximate surface area is 121 Å². The molecule has 1 saturated heterocycles. The van der Waals surface area contributed by atoms with Crippen molar-refractivity contribution in [2.75, 3.05) is 20.1 Å². The molecule has 1 aliphatic heterocycles. The number of nitrogens with zero attached hydrogens (tertiary/aromatic N) is 1. The van der Waals surface area contributed by atoms with Gasteiger partial charge >= 0.3 is 0 Å². The lowest BCUT2D eigenvalue weighted by Gasteiger charge is -2.44. The zero-order chi connectivity index (χ0) is 13.9. The monoisotopic (exact) mass is 265 g/mol. The van der Waals surface area contributed by atoms with E-state index in [4.69, 9.17) is 0 Å². The Balaban J connectivity index is 2.05. The normalized spacial score (nSPS) is 33.2. The molecule has 0 N–H and O–H groups in total. The van der Waals surface area contributed by atoms with Crippen LogP contribution in [0.2, 0.25) is 0 Å². The fraction of sp³-hybridized carbons (Fsp3) is 1.00. The van der Waals surface area contributed by atoms with Crippen LogP contribution >= 0.6 is 0 Å². The molecule has 2 fully saturated rings. The van der Waals surface area contributed by atoms with Crippen molar-refractivity contribution >= 4 is 0 Å². The third-order valence-corrected chi connectivity index (χ3v) is 5.96. The average molecular weight is 265 g/mol. The first-order valence-electron chi connectivity index (χ1n) is 8.59. The highest BCUT2D eigenvalue weighted by Gasteiger charge is 2.36. The van der Waals surface area contributed by atoms with E-state index in [9.17, 15) is 0 Å². The summed E-state index contributed by atoms with van der Waals surface area (Å²) in [5.41, 5.74) is 1.26. The number of piperidine rings is 1. The van der Waals surface area contributed by atoms with Crippen molar-refractivity contribution in [1.29, 1.82) is 0 Å². The summed E-state index contributed by atoms with van der Waals surface area (Å²) < 4.78 is 0. The quantitative estimate of drug-likeness (QED) is 0.588. The minimum absolute atomic E-state index is 0.580. The van der Waals surface area contributed by atoms with E-state index in [-0.39, 0.29) is 0 Å². The van der Waals surface area contributed by atoms with E-state index in [0.29, 0.717) is 10.8 Å². The highest BCUT2D eigenvalue weighted by molar-refractivity contribution is 4.89. The highest BCUT2D eigenvalue weighted by Crippen LogP contribution is 2.46. The summed E-state index contributed by atoms with van der Waals surface area (Å²) in [6, 6.07) is 0. The van der Waals surface area contributed by atoms with Gasteiger partial charge in [0, 0.05) is 0 Å². The van der Waals surface area contributed by atoms with Crippen LogP contribution in [0, 0.1) is 16.7 Å². The van der Waals surface area contributed by atoms with Crippen molar-refractivity contribution in [2.24, 2.45) is 16.7 Å². The molecule has 1 nitrogen and oxygen atoms in total. The third-order valence-electron chi connectivity index (χ3n) is 5.96. The second-order valence-electron chi connectivity index (χ2n) is 8.52. The molecule has 0 aromatic rings. The molecular formula is C18H35N. The molecule has 1 saturated carbocycles. The molecule has 1 heterocycles. The lowest BCUT2D eigenvalue weighted by Crippen LogP contribution is -2.39. The van der Waals surface area contributed by atoms with Gasteiger partial charge in [0.25, 0.3) is 0 Å². The van der Waals surface area contributed by atoms with Crippen molar-refractivity contribution in [2.45, 2.75) is 78.6 Å². The number of hydrogen-bond donors (Lipinski definition) is 0. The zero-order valence-electron chi connectivity index (χ0n) is 13.8. The molecule has 1 heteroatoms. The van der Waals surface area contributed by atoms with Gasteiger partial charge in [-0.1, -0.05) is 40.0 Å². The standard InChI is InChI=1S/C18H35N/c1-16-7-5-6-8-17(2,3)9-10-18(15-16)11-13-19(4)14-12-18/h16H,5-15H2,1-4H3. The molecule has 0 aromatic carbocycles. The Morgan fingerprint density at radius 1 is 0.895 bits per heavy atom. The Bertz CT molecular complexity index is 273. The van der Waals surface area contributed by atoms with Gasteiger partial charge in [-0.05, 0) is 75.4 Å². The maximum absolute atomic E-state index is 2.53. The van der Waals surface area contributed by atoms with Crippen LogP contribution in [-0.2, 0) is 0 Å². The third kappa shape index (κ3) is 4.48. The van der Waals surface area contributed by atoms with Gasteiger partial charge in [0.2, 0.25) is 0 Å². The van der Waals surface area contributed by atoms with Gasteiger partial charge in [0.05, 0.1) is 0 Å². The van der Waals surface area contributed by atoms with Gasteiger partial charge in [-0.3, -0.25) is 0 Å². The van der Waals surface area contributed by atoms with Gasteiger partial charge in [-0.15, -0.1) is 0 Å². The average Bonchev–Trinajstić information content (AvgIpc) is 2.36. The van der Waals surface area contributed by atoms with Gasteiger partial charge < -0.3 is 4.90 Å². The smallest absolute Gasteiger partial charge is 0.00165 e. The molecule has 112 valence electrons. The molecule has 0 bridgehead atoms. The summed E-state index contributed by atoms with van der Waals surface area (Å²) in [5, 5.41) is 0. The van der Waals surface area contributed by atoms with Crippen LogP contribution in [-0.4, -0.2) is 25.0 Å². The molecule has 1 atom stereocenters. The van der Waals surface area contributed by atoms with Crippen LogP contribution in [0.25, 0.3) is 0 Å². The highest BCUT2D eigenvalue weighted by atomic mass is 15.1. The van der Waals surface area contributed by atoms with Gasteiger partial charge in [0.15, 0.2) is 0 Å². The van der Waals surface area contributed by atoms with Crippen LogP contribution in [0.4, 0.5) is 0 Å². The molecule has 2 aliphatic rings. The van der Waals surface area contributed by atoms with Gasteiger partial charge in [-0.25, -0.2) is 0 Å². The predicted molar refractivity (Wildman–Crippen MR) is 84.4 cm³/mol. The van der Waals surface area contributed by atoms with E-state index in [1.165, 1.54) is 70.9 Å². The van der Waals surface area contributed by atoms with E-state index in [1.807, 2.05) is 0 Å². The minimum Gasteiger partial charge on any atom is -0.306 e. The van der Waals surface area contributed by atoms with E-state index in [2.05, 4.69) is 32.7 Å². The first kappa shape index (κ1) is 15.4. The summed E-state index contributed by atoms with van der Waals surface area (Å²) in [6.45, 7) is 10.2. The molecule has 1 aliphatic carbocycles. The molecule has 1 unspecified atom stereocenters. The van der Waals surface area contributed by atoms with E-state index < -0.39 is 0 Å². The Kier molecular flexibility index (Phi) is 4.98. The van der Waals surface area contributed by atoms with Crippen LogP contribution in [0.5, 0.6) is 0 Å². The summed E-state index contributed by atoms with van der Waals surface area (Å²) >= 11 is 0.